The van der Waals surface area contributed by atoms with Crippen molar-refractivity contribution in [3.63, 3.8) is 0 Å². The number of amides is 3. The molecule has 0 saturated carbocycles. The van der Waals surface area contributed by atoms with E-state index in [1.807, 2.05) is 40.1 Å². The summed E-state index contributed by atoms with van der Waals surface area (Å²) in [6, 6.07) is 9.79. The number of nitrogens with one attached hydrogen (secondary N) is 1. The van der Waals surface area contributed by atoms with Crippen molar-refractivity contribution in [2.45, 2.75) is 25.8 Å². The Labute approximate surface area is 149 Å². The van der Waals surface area contributed by atoms with Crippen LogP contribution in [-0.4, -0.2) is 61.6 Å². The molecule has 1 atom stereocenters. The van der Waals surface area contributed by atoms with Crippen molar-refractivity contribution < 1.29 is 14.3 Å². The standard InChI is InChI=1S/C19H27N3O3/c1-25-13-12-21-11-9-19(17(21)23)8-5-10-22(15-19)18(24)20-14-16-6-3-2-4-7-16/h2-4,6-7H,5,8-15H2,1H3,(H,20,24)/t19-/m0/s1. The molecule has 0 aromatic heterocycles. The summed E-state index contributed by atoms with van der Waals surface area (Å²) in [7, 11) is 1.65. The summed E-state index contributed by atoms with van der Waals surface area (Å²) in [6.45, 7) is 3.71. The first-order chi connectivity index (χ1) is 12.1. The van der Waals surface area contributed by atoms with Crippen molar-refractivity contribution in [1.82, 2.24) is 15.1 Å². The Kier molecular flexibility index (Phi) is 5.58. The van der Waals surface area contributed by atoms with E-state index in [1.54, 1.807) is 7.11 Å². The second kappa shape index (κ2) is 7.87. The average Bonchev–Trinajstić information content (AvgIpc) is 2.94. The van der Waals surface area contributed by atoms with Gasteiger partial charge in [0.1, 0.15) is 0 Å². The quantitative estimate of drug-likeness (QED) is 0.886. The molecule has 2 saturated heterocycles. The van der Waals surface area contributed by atoms with Gasteiger partial charge in [0.15, 0.2) is 0 Å². The first kappa shape index (κ1) is 17.7. The lowest BCUT2D eigenvalue weighted by Crippen LogP contribution is -2.52. The van der Waals surface area contributed by atoms with Gasteiger partial charge in [-0.1, -0.05) is 30.3 Å². The molecule has 3 amide bonds. The molecule has 3 rings (SSSR count). The Morgan fingerprint density at radius 2 is 2.04 bits per heavy atom. The number of hydrogen-bond donors (Lipinski definition) is 1. The van der Waals surface area contributed by atoms with E-state index in [-0.39, 0.29) is 11.9 Å². The number of benzene rings is 1. The molecule has 136 valence electrons. The van der Waals surface area contributed by atoms with E-state index in [0.29, 0.717) is 32.8 Å². The van der Waals surface area contributed by atoms with Crippen LogP contribution in [0.4, 0.5) is 4.79 Å². The number of ether oxygens (including phenoxy) is 1. The highest BCUT2D eigenvalue weighted by Crippen LogP contribution is 2.40. The number of methoxy groups -OCH3 is 1. The third-order valence-corrected chi connectivity index (χ3v) is 5.32. The van der Waals surface area contributed by atoms with E-state index in [2.05, 4.69) is 5.32 Å². The van der Waals surface area contributed by atoms with Crippen LogP contribution in [0, 0.1) is 5.41 Å². The second-order valence-corrected chi connectivity index (χ2v) is 6.98. The van der Waals surface area contributed by atoms with Crippen LogP contribution >= 0.6 is 0 Å². The predicted octanol–water partition coefficient (Wildman–Crippen LogP) is 1.86. The van der Waals surface area contributed by atoms with Gasteiger partial charge in [-0.15, -0.1) is 0 Å². The zero-order valence-corrected chi connectivity index (χ0v) is 14.9. The molecular formula is C19H27N3O3. The maximum atomic E-state index is 12.8. The van der Waals surface area contributed by atoms with E-state index in [9.17, 15) is 9.59 Å². The van der Waals surface area contributed by atoms with Crippen molar-refractivity contribution in [1.29, 1.82) is 0 Å². The molecule has 0 bridgehead atoms. The summed E-state index contributed by atoms with van der Waals surface area (Å²) in [5.74, 6) is 0.185. The van der Waals surface area contributed by atoms with Gasteiger partial charge in [0.05, 0.1) is 12.0 Å². The molecule has 1 aromatic rings. The number of hydrogen-bond acceptors (Lipinski definition) is 3. The Bertz CT molecular complexity index is 607. The van der Waals surface area contributed by atoms with Gasteiger partial charge in [0.25, 0.3) is 0 Å². The first-order valence-electron chi connectivity index (χ1n) is 9.00. The molecule has 0 aliphatic carbocycles. The Morgan fingerprint density at radius 1 is 1.24 bits per heavy atom. The van der Waals surface area contributed by atoms with Crippen molar-refractivity contribution in [3.8, 4) is 0 Å². The Morgan fingerprint density at radius 3 is 2.80 bits per heavy atom. The fraction of sp³-hybridized carbons (Fsp3) is 0.579. The smallest absolute Gasteiger partial charge is 0.317 e. The minimum absolute atomic E-state index is 0.0777. The monoisotopic (exact) mass is 345 g/mol. The summed E-state index contributed by atoms with van der Waals surface area (Å²) in [5, 5.41) is 2.98. The molecule has 0 unspecified atom stereocenters. The predicted molar refractivity (Wildman–Crippen MR) is 95.0 cm³/mol. The number of likely N-dealkylation sites (tertiary alicyclic amines) is 2. The Hall–Kier alpha value is -2.08. The molecule has 1 N–H and O–H groups in total. The molecule has 1 aromatic carbocycles. The Balaban J connectivity index is 1.57. The maximum absolute atomic E-state index is 12.8. The topological polar surface area (TPSA) is 61.9 Å². The highest BCUT2D eigenvalue weighted by molar-refractivity contribution is 5.86. The van der Waals surface area contributed by atoms with Crippen LogP contribution < -0.4 is 5.32 Å². The summed E-state index contributed by atoms with van der Waals surface area (Å²) >= 11 is 0. The SMILES string of the molecule is COCCN1CC[C@]2(CCCN(C(=O)NCc3ccccc3)C2)C1=O. The first-order valence-corrected chi connectivity index (χ1v) is 9.00. The van der Waals surface area contributed by atoms with Gasteiger partial charge in [-0.25, -0.2) is 4.79 Å². The van der Waals surface area contributed by atoms with Gasteiger partial charge in [0, 0.05) is 39.8 Å². The summed E-state index contributed by atoms with van der Waals surface area (Å²) in [6.07, 6.45) is 2.58. The number of nitrogens with zero attached hydrogens (tertiary/aromatic N) is 2. The third-order valence-electron chi connectivity index (χ3n) is 5.32. The van der Waals surface area contributed by atoms with Crippen LogP contribution in [0.2, 0.25) is 0 Å². The number of piperidine rings is 1. The van der Waals surface area contributed by atoms with Crippen LogP contribution in [-0.2, 0) is 16.1 Å². The van der Waals surface area contributed by atoms with E-state index in [0.717, 1.165) is 31.4 Å². The molecule has 2 aliphatic heterocycles. The molecule has 6 nitrogen and oxygen atoms in total. The van der Waals surface area contributed by atoms with Crippen LogP contribution in [0.15, 0.2) is 30.3 Å². The van der Waals surface area contributed by atoms with Crippen molar-refractivity contribution >= 4 is 11.9 Å². The summed E-state index contributed by atoms with van der Waals surface area (Å²) < 4.78 is 5.09. The number of rotatable bonds is 5. The average molecular weight is 345 g/mol. The molecular weight excluding hydrogens is 318 g/mol. The van der Waals surface area contributed by atoms with E-state index in [1.165, 1.54) is 0 Å². The molecule has 2 aliphatic rings. The van der Waals surface area contributed by atoms with Gasteiger partial charge in [0.2, 0.25) is 5.91 Å². The third kappa shape index (κ3) is 3.95. The van der Waals surface area contributed by atoms with Crippen LogP contribution in [0.3, 0.4) is 0 Å². The fourth-order valence-corrected chi connectivity index (χ4v) is 3.88. The lowest BCUT2D eigenvalue weighted by Gasteiger charge is -2.39. The second-order valence-electron chi connectivity index (χ2n) is 6.98. The van der Waals surface area contributed by atoms with Crippen LogP contribution in [0.5, 0.6) is 0 Å². The molecule has 2 fully saturated rings. The van der Waals surface area contributed by atoms with Crippen LogP contribution in [0.25, 0.3) is 0 Å². The van der Waals surface area contributed by atoms with Gasteiger partial charge >= 0.3 is 6.03 Å². The molecule has 1 spiro atoms. The van der Waals surface area contributed by atoms with Gasteiger partial charge in [-0.3, -0.25) is 4.79 Å². The molecule has 0 radical (unpaired) electrons. The fourth-order valence-electron chi connectivity index (χ4n) is 3.88. The van der Waals surface area contributed by atoms with E-state index >= 15 is 0 Å². The summed E-state index contributed by atoms with van der Waals surface area (Å²) in [4.78, 5) is 29.1. The highest BCUT2D eigenvalue weighted by atomic mass is 16.5. The van der Waals surface area contributed by atoms with E-state index < -0.39 is 5.41 Å². The minimum Gasteiger partial charge on any atom is -0.383 e. The largest absolute Gasteiger partial charge is 0.383 e. The molecule has 6 heteroatoms. The zero-order chi connectivity index (χ0) is 17.7. The normalized spacial score (nSPS) is 23.3. The van der Waals surface area contributed by atoms with Gasteiger partial charge in [-0.05, 0) is 24.8 Å². The number of urea groups is 1. The van der Waals surface area contributed by atoms with Gasteiger partial charge in [-0.2, -0.15) is 0 Å². The molecule has 25 heavy (non-hydrogen) atoms. The van der Waals surface area contributed by atoms with Gasteiger partial charge < -0.3 is 19.9 Å². The lowest BCUT2D eigenvalue weighted by atomic mass is 9.78. The number of carbonyl (C=O) groups excluding carboxylic acids is 2. The minimum atomic E-state index is -0.393. The van der Waals surface area contributed by atoms with Crippen LogP contribution in [0.1, 0.15) is 24.8 Å². The number of carbonyl (C=O) groups is 2. The van der Waals surface area contributed by atoms with Crippen molar-refractivity contribution in [2.75, 3.05) is 39.9 Å². The zero-order valence-electron chi connectivity index (χ0n) is 14.9. The summed E-state index contributed by atoms with van der Waals surface area (Å²) in [5.41, 5.74) is 0.682. The highest BCUT2D eigenvalue weighted by Gasteiger charge is 2.49. The maximum Gasteiger partial charge on any atom is 0.317 e. The van der Waals surface area contributed by atoms with Crippen molar-refractivity contribution in [3.05, 3.63) is 35.9 Å². The van der Waals surface area contributed by atoms with E-state index in [4.69, 9.17) is 4.74 Å². The van der Waals surface area contributed by atoms with Crippen molar-refractivity contribution in [2.24, 2.45) is 5.41 Å². The molecule has 2 heterocycles. The lowest BCUT2D eigenvalue weighted by molar-refractivity contribution is -0.138.